The van der Waals surface area contributed by atoms with Gasteiger partial charge in [-0.1, -0.05) is 90.4 Å². The summed E-state index contributed by atoms with van der Waals surface area (Å²) in [5.41, 5.74) is 0. The van der Waals surface area contributed by atoms with Crippen molar-refractivity contribution in [3.8, 4) is 5.75 Å². The fourth-order valence-electron chi connectivity index (χ4n) is 3.02. The summed E-state index contributed by atoms with van der Waals surface area (Å²) in [4.78, 5) is 0. The molecule has 0 fully saturated rings. The van der Waals surface area contributed by atoms with Crippen LogP contribution in [0.4, 0.5) is 4.39 Å². The summed E-state index contributed by atoms with van der Waals surface area (Å²) in [7, 11) is 0. The summed E-state index contributed by atoms with van der Waals surface area (Å²) in [5.74, 6) is 0.560. The van der Waals surface area contributed by atoms with E-state index in [4.69, 9.17) is 4.74 Å². The zero-order valence-electron chi connectivity index (χ0n) is 15.7. The average molecular weight is 337 g/mol. The Morgan fingerprint density at radius 3 is 1.50 bits per heavy atom. The Bertz CT molecular complexity index is 374. The second-order valence-corrected chi connectivity index (χ2v) is 6.90. The maximum Gasteiger partial charge on any atom is 0.123 e. The van der Waals surface area contributed by atoms with Crippen LogP contribution in [0.2, 0.25) is 0 Å². The highest BCUT2D eigenvalue weighted by Crippen LogP contribution is 2.14. The minimum absolute atomic E-state index is 0.209. The van der Waals surface area contributed by atoms with Crippen molar-refractivity contribution in [2.24, 2.45) is 0 Å². The molecule has 1 rings (SSSR count). The molecule has 1 aromatic carbocycles. The Hall–Kier alpha value is -1.05. The van der Waals surface area contributed by atoms with Crippen LogP contribution in [0.15, 0.2) is 24.3 Å². The normalized spacial score (nSPS) is 10.9. The van der Waals surface area contributed by atoms with Crippen molar-refractivity contribution in [3.63, 3.8) is 0 Å². The number of rotatable bonds is 16. The molecule has 0 bridgehead atoms. The van der Waals surface area contributed by atoms with Crippen molar-refractivity contribution < 1.29 is 9.13 Å². The minimum Gasteiger partial charge on any atom is -0.494 e. The Labute approximate surface area is 149 Å². The van der Waals surface area contributed by atoms with E-state index < -0.39 is 0 Å². The third-order valence-electron chi connectivity index (χ3n) is 4.58. The van der Waals surface area contributed by atoms with Crippen molar-refractivity contribution in [3.05, 3.63) is 30.1 Å². The fraction of sp³-hybridized carbons (Fsp3) is 0.727. The first-order chi connectivity index (χ1) is 11.8. The molecule has 0 N–H and O–H groups in total. The predicted molar refractivity (Wildman–Crippen MR) is 102 cm³/mol. The SMILES string of the molecule is CCCCCCCCCCCCCCCCOc1ccc(F)cc1. The molecular formula is C22H37FO. The van der Waals surface area contributed by atoms with Gasteiger partial charge in [-0.15, -0.1) is 0 Å². The lowest BCUT2D eigenvalue weighted by Crippen LogP contribution is -1.97. The maximum absolute atomic E-state index is 12.8. The number of hydrogen-bond acceptors (Lipinski definition) is 1. The summed E-state index contributed by atoms with van der Waals surface area (Å²) >= 11 is 0. The molecular weight excluding hydrogens is 299 g/mol. The van der Waals surface area contributed by atoms with Gasteiger partial charge in [0.15, 0.2) is 0 Å². The summed E-state index contributed by atoms with van der Waals surface area (Å²) in [6, 6.07) is 6.28. The van der Waals surface area contributed by atoms with Crippen LogP contribution in [-0.4, -0.2) is 6.61 Å². The van der Waals surface area contributed by atoms with Gasteiger partial charge < -0.3 is 4.74 Å². The van der Waals surface area contributed by atoms with E-state index in [0.717, 1.165) is 18.8 Å². The van der Waals surface area contributed by atoms with E-state index in [1.54, 1.807) is 12.1 Å². The number of hydrogen-bond donors (Lipinski definition) is 0. The second-order valence-electron chi connectivity index (χ2n) is 6.90. The Kier molecular flexibility index (Phi) is 13.5. The number of ether oxygens (including phenoxy) is 1. The van der Waals surface area contributed by atoms with E-state index in [2.05, 4.69) is 6.92 Å². The Balaban J connectivity index is 1.75. The molecule has 0 saturated carbocycles. The van der Waals surface area contributed by atoms with Gasteiger partial charge in [-0.3, -0.25) is 0 Å². The molecule has 0 spiro atoms. The van der Waals surface area contributed by atoms with Crippen LogP contribution >= 0.6 is 0 Å². The fourth-order valence-corrected chi connectivity index (χ4v) is 3.02. The van der Waals surface area contributed by atoms with Crippen molar-refractivity contribution >= 4 is 0 Å². The maximum atomic E-state index is 12.8. The number of unbranched alkanes of at least 4 members (excludes halogenated alkanes) is 13. The van der Waals surface area contributed by atoms with E-state index in [1.807, 2.05) is 0 Å². The van der Waals surface area contributed by atoms with E-state index >= 15 is 0 Å². The molecule has 0 aliphatic rings. The second kappa shape index (κ2) is 15.5. The van der Waals surface area contributed by atoms with Gasteiger partial charge in [0.25, 0.3) is 0 Å². The molecule has 1 nitrogen and oxygen atoms in total. The van der Waals surface area contributed by atoms with Gasteiger partial charge in [0.2, 0.25) is 0 Å². The van der Waals surface area contributed by atoms with E-state index in [-0.39, 0.29) is 5.82 Å². The van der Waals surface area contributed by atoms with Crippen LogP contribution in [0.5, 0.6) is 5.75 Å². The molecule has 0 aromatic heterocycles. The highest BCUT2D eigenvalue weighted by molar-refractivity contribution is 5.21. The minimum atomic E-state index is -0.209. The lowest BCUT2D eigenvalue weighted by atomic mass is 10.0. The first kappa shape index (κ1) is 21.0. The van der Waals surface area contributed by atoms with E-state index in [1.165, 1.54) is 95.6 Å². The molecule has 0 aliphatic heterocycles. The van der Waals surface area contributed by atoms with Crippen molar-refractivity contribution in [1.82, 2.24) is 0 Å². The Morgan fingerprint density at radius 2 is 1.04 bits per heavy atom. The predicted octanol–water partition coefficient (Wildman–Crippen LogP) is 7.69. The van der Waals surface area contributed by atoms with E-state index in [0.29, 0.717) is 0 Å². The quantitative estimate of drug-likeness (QED) is 0.281. The third-order valence-corrected chi connectivity index (χ3v) is 4.58. The van der Waals surface area contributed by atoms with Gasteiger partial charge in [-0.2, -0.15) is 0 Å². The summed E-state index contributed by atoms with van der Waals surface area (Å²) in [5, 5.41) is 0. The lowest BCUT2D eigenvalue weighted by Gasteiger charge is -2.06. The zero-order valence-corrected chi connectivity index (χ0v) is 15.7. The van der Waals surface area contributed by atoms with Gasteiger partial charge in [0, 0.05) is 0 Å². The highest BCUT2D eigenvalue weighted by Gasteiger charge is 1.96. The van der Waals surface area contributed by atoms with Gasteiger partial charge in [0.05, 0.1) is 6.61 Å². The summed E-state index contributed by atoms with van der Waals surface area (Å²) < 4.78 is 18.4. The third kappa shape index (κ3) is 12.4. The van der Waals surface area contributed by atoms with Crippen LogP contribution in [0.3, 0.4) is 0 Å². The molecule has 1 aromatic rings. The van der Waals surface area contributed by atoms with E-state index in [9.17, 15) is 4.39 Å². The van der Waals surface area contributed by atoms with Gasteiger partial charge in [-0.25, -0.2) is 4.39 Å². The molecule has 0 saturated heterocycles. The van der Waals surface area contributed by atoms with Crippen LogP contribution in [-0.2, 0) is 0 Å². The number of halogens is 1. The van der Waals surface area contributed by atoms with Crippen LogP contribution < -0.4 is 4.74 Å². The molecule has 0 atom stereocenters. The van der Waals surface area contributed by atoms with Crippen molar-refractivity contribution in [2.75, 3.05) is 6.61 Å². The topological polar surface area (TPSA) is 9.23 Å². The smallest absolute Gasteiger partial charge is 0.123 e. The lowest BCUT2D eigenvalue weighted by molar-refractivity contribution is 0.304. The molecule has 0 heterocycles. The zero-order chi connectivity index (χ0) is 17.3. The van der Waals surface area contributed by atoms with Crippen molar-refractivity contribution in [2.45, 2.75) is 96.8 Å². The molecule has 2 heteroatoms. The molecule has 0 radical (unpaired) electrons. The van der Waals surface area contributed by atoms with Gasteiger partial charge >= 0.3 is 0 Å². The summed E-state index contributed by atoms with van der Waals surface area (Å²) in [6.07, 6.45) is 19.1. The standard InChI is InChI=1S/C22H37FO/c1-2-3-4-5-6-7-8-9-10-11-12-13-14-15-20-24-22-18-16-21(23)17-19-22/h16-19H,2-15,20H2,1H3. The first-order valence-electron chi connectivity index (χ1n) is 10.2. The molecule has 0 unspecified atom stereocenters. The van der Waals surface area contributed by atoms with Crippen molar-refractivity contribution in [1.29, 1.82) is 0 Å². The first-order valence-corrected chi connectivity index (χ1v) is 10.2. The molecule has 24 heavy (non-hydrogen) atoms. The summed E-state index contributed by atoms with van der Waals surface area (Å²) in [6.45, 7) is 3.02. The Morgan fingerprint density at radius 1 is 0.625 bits per heavy atom. The monoisotopic (exact) mass is 336 g/mol. The highest BCUT2D eigenvalue weighted by atomic mass is 19.1. The average Bonchev–Trinajstić information content (AvgIpc) is 2.60. The molecule has 138 valence electrons. The molecule has 0 aliphatic carbocycles. The number of benzene rings is 1. The van der Waals surface area contributed by atoms with Crippen LogP contribution in [0.1, 0.15) is 96.8 Å². The van der Waals surface area contributed by atoms with Crippen LogP contribution in [0, 0.1) is 5.82 Å². The van der Waals surface area contributed by atoms with Gasteiger partial charge in [-0.05, 0) is 30.7 Å². The van der Waals surface area contributed by atoms with Gasteiger partial charge in [0.1, 0.15) is 11.6 Å². The van der Waals surface area contributed by atoms with Crippen LogP contribution in [0.25, 0.3) is 0 Å². The largest absolute Gasteiger partial charge is 0.494 e. The molecule has 0 amide bonds.